The van der Waals surface area contributed by atoms with Gasteiger partial charge in [-0.15, -0.1) is 0 Å². The van der Waals surface area contributed by atoms with Crippen molar-refractivity contribution >= 4 is 34.0 Å². The molecule has 1 amide bonds. The molecule has 0 radical (unpaired) electrons. The second kappa shape index (κ2) is 5.32. The van der Waals surface area contributed by atoms with Gasteiger partial charge in [-0.05, 0) is 24.6 Å². The Bertz CT molecular complexity index is 437. The summed E-state index contributed by atoms with van der Waals surface area (Å²) in [4.78, 5) is 11.5. The number of rotatable bonds is 4. The number of anilines is 1. The van der Waals surface area contributed by atoms with E-state index in [1.807, 2.05) is 0 Å². The number of benzene rings is 1. The highest BCUT2D eigenvalue weighted by molar-refractivity contribution is 7.86. The monoisotopic (exact) mass is 260 g/mol. The first-order valence-corrected chi connectivity index (χ1v) is 6.31. The summed E-state index contributed by atoms with van der Waals surface area (Å²) in [5, 5.41) is -0.308. The summed E-state index contributed by atoms with van der Waals surface area (Å²) < 4.78 is 12.1. The van der Waals surface area contributed by atoms with Crippen LogP contribution in [0.2, 0.25) is 5.02 Å². The van der Waals surface area contributed by atoms with Crippen LogP contribution in [0.1, 0.15) is 13.3 Å². The van der Waals surface area contributed by atoms with Crippen LogP contribution in [0.25, 0.3) is 0 Å². The third-order valence-corrected chi connectivity index (χ3v) is 4.24. The maximum absolute atomic E-state index is 12.1. The van der Waals surface area contributed by atoms with Crippen molar-refractivity contribution in [2.75, 3.05) is 5.73 Å². The quantitative estimate of drug-likeness (QED) is 0.800. The van der Waals surface area contributed by atoms with E-state index in [0.717, 1.165) is 0 Å². The first-order chi connectivity index (χ1) is 7.47. The molecule has 6 heteroatoms. The molecule has 88 valence electrons. The van der Waals surface area contributed by atoms with Crippen LogP contribution in [0, 0.1) is 0 Å². The number of nitrogen functional groups attached to an aromatic ring is 1. The van der Waals surface area contributed by atoms with Crippen molar-refractivity contribution in [2.24, 2.45) is 5.73 Å². The van der Waals surface area contributed by atoms with Gasteiger partial charge in [0.05, 0.1) is 15.7 Å². The number of nitrogens with two attached hydrogens (primary N) is 2. The molecule has 2 unspecified atom stereocenters. The van der Waals surface area contributed by atoms with E-state index >= 15 is 0 Å². The molecular weight excluding hydrogens is 248 g/mol. The molecule has 0 aliphatic rings. The normalized spacial score (nSPS) is 14.4. The van der Waals surface area contributed by atoms with E-state index in [2.05, 4.69) is 0 Å². The molecule has 4 N–H and O–H groups in total. The zero-order chi connectivity index (χ0) is 12.3. The molecule has 1 aromatic carbocycles. The predicted octanol–water partition coefficient (Wildman–Crippen LogP) is 1.29. The number of carbonyl (C=O) groups excluding carboxylic acids is 1. The van der Waals surface area contributed by atoms with E-state index in [9.17, 15) is 9.00 Å². The lowest BCUT2D eigenvalue weighted by atomic mass is 10.3. The Labute approximate surface area is 101 Å². The maximum Gasteiger partial charge on any atom is 0.233 e. The van der Waals surface area contributed by atoms with Crippen LogP contribution >= 0.6 is 11.6 Å². The van der Waals surface area contributed by atoms with E-state index in [-0.39, 0.29) is 0 Å². The maximum atomic E-state index is 12.1. The van der Waals surface area contributed by atoms with Gasteiger partial charge < -0.3 is 11.5 Å². The van der Waals surface area contributed by atoms with Gasteiger partial charge >= 0.3 is 0 Å². The molecule has 1 aromatic rings. The van der Waals surface area contributed by atoms with Gasteiger partial charge in [0.1, 0.15) is 5.25 Å². The van der Waals surface area contributed by atoms with Gasteiger partial charge in [0.25, 0.3) is 0 Å². The summed E-state index contributed by atoms with van der Waals surface area (Å²) in [7, 11) is -1.56. The van der Waals surface area contributed by atoms with Crippen LogP contribution in [-0.2, 0) is 15.6 Å². The lowest BCUT2D eigenvalue weighted by molar-refractivity contribution is -0.117. The number of carbonyl (C=O) groups is 1. The van der Waals surface area contributed by atoms with Crippen LogP contribution in [0.5, 0.6) is 0 Å². The molecule has 4 nitrogen and oxygen atoms in total. The molecule has 0 aliphatic heterocycles. The van der Waals surface area contributed by atoms with Crippen molar-refractivity contribution < 1.29 is 9.00 Å². The van der Waals surface area contributed by atoms with Crippen molar-refractivity contribution in [1.82, 2.24) is 0 Å². The summed E-state index contributed by atoms with van der Waals surface area (Å²) in [6, 6.07) is 4.66. The average molecular weight is 261 g/mol. The topological polar surface area (TPSA) is 86.2 Å². The molecule has 0 bridgehead atoms. The largest absolute Gasteiger partial charge is 0.398 e. The van der Waals surface area contributed by atoms with Gasteiger partial charge in [-0.1, -0.05) is 18.5 Å². The first kappa shape index (κ1) is 13.0. The number of halogens is 1. The smallest absolute Gasteiger partial charge is 0.233 e. The highest BCUT2D eigenvalue weighted by Gasteiger charge is 2.23. The SMILES string of the molecule is CCC(C(N)=O)S(=O)c1cc(Cl)ccc1N. The third-order valence-electron chi connectivity index (χ3n) is 2.14. The average Bonchev–Trinajstić information content (AvgIpc) is 2.22. The Morgan fingerprint density at radius 2 is 2.19 bits per heavy atom. The minimum atomic E-state index is -1.56. The van der Waals surface area contributed by atoms with Crippen LogP contribution in [0.3, 0.4) is 0 Å². The van der Waals surface area contributed by atoms with Crippen molar-refractivity contribution in [2.45, 2.75) is 23.5 Å². The predicted molar refractivity (Wildman–Crippen MR) is 65.5 cm³/mol. The molecule has 0 aromatic heterocycles. The van der Waals surface area contributed by atoms with Gasteiger partial charge in [0.2, 0.25) is 5.91 Å². The molecule has 1 rings (SSSR count). The number of hydrogen-bond acceptors (Lipinski definition) is 3. The van der Waals surface area contributed by atoms with Gasteiger partial charge in [0, 0.05) is 10.7 Å². The molecular formula is C10H13ClN2O2S. The molecule has 0 heterocycles. The van der Waals surface area contributed by atoms with Crippen LogP contribution in [0.15, 0.2) is 23.1 Å². The number of primary amides is 1. The number of hydrogen-bond donors (Lipinski definition) is 2. The zero-order valence-electron chi connectivity index (χ0n) is 8.77. The fourth-order valence-corrected chi connectivity index (χ4v) is 2.89. The Balaban J connectivity index is 3.12. The fraction of sp³-hybridized carbons (Fsp3) is 0.300. The van der Waals surface area contributed by atoms with Crippen molar-refractivity contribution in [3.63, 3.8) is 0 Å². The molecule has 0 fully saturated rings. The summed E-state index contributed by atoms with van der Waals surface area (Å²) in [6.07, 6.45) is 0.397. The minimum absolute atomic E-state index is 0.349. The lowest BCUT2D eigenvalue weighted by Crippen LogP contribution is -2.32. The van der Waals surface area contributed by atoms with E-state index < -0.39 is 22.0 Å². The first-order valence-electron chi connectivity index (χ1n) is 4.72. The summed E-state index contributed by atoms with van der Waals surface area (Å²) in [6.45, 7) is 1.74. The molecule has 0 aliphatic carbocycles. The lowest BCUT2D eigenvalue weighted by Gasteiger charge is -2.12. The Kier molecular flexibility index (Phi) is 4.32. The molecule has 2 atom stereocenters. The third kappa shape index (κ3) is 2.74. The van der Waals surface area contributed by atoms with Gasteiger partial charge in [-0.25, -0.2) is 0 Å². The molecule has 0 saturated heterocycles. The van der Waals surface area contributed by atoms with E-state index in [1.165, 1.54) is 6.07 Å². The van der Waals surface area contributed by atoms with Crippen molar-refractivity contribution in [1.29, 1.82) is 0 Å². The van der Waals surface area contributed by atoms with Crippen molar-refractivity contribution in [3.05, 3.63) is 23.2 Å². The van der Waals surface area contributed by atoms with E-state index in [4.69, 9.17) is 23.1 Å². The molecule has 0 spiro atoms. The zero-order valence-corrected chi connectivity index (χ0v) is 10.3. The highest BCUT2D eigenvalue weighted by atomic mass is 35.5. The summed E-state index contributed by atoms with van der Waals surface area (Å²) >= 11 is 5.78. The molecule has 0 saturated carbocycles. The number of amides is 1. The van der Waals surface area contributed by atoms with Crippen molar-refractivity contribution in [3.8, 4) is 0 Å². The Morgan fingerprint density at radius 3 is 2.69 bits per heavy atom. The minimum Gasteiger partial charge on any atom is -0.398 e. The van der Waals surface area contributed by atoms with Crippen LogP contribution in [-0.4, -0.2) is 15.4 Å². The summed E-state index contributed by atoms with van der Waals surface area (Å²) in [5.41, 5.74) is 11.2. The highest BCUT2D eigenvalue weighted by Crippen LogP contribution is 2.24. The standard InChI is InChI=1S/C10H13ClN2O2S/c1-2-8(10(13)14)16(15)9-5-6(11)3-4-7(9)12/h3-5,8H,2,12H2,1H3,(H2,13,14). The van der Waals surface area contributed by atoms with Gasteiger partial charge in [-0.3, -0.25) is 9.00 Å². The second-order valence-corrected chi connectivity index (χ2v) is 5.32. The summed E-state index contributed by atoms with van der Waals surface area (Å²) in [5.74, 6) is -0.597. The van der Waals surface area contributed by atoms with E-state index in [1.54, 1.807) is 19.1 Å². The Hall–Kier alpha value is -1.07. The van der Waals surface area contributed by atoms with Gasteiger partial charge in [0.15, 0.2) is 0 Å². The van der Waals surface area contributed by atoms with Gasteiger partial charge in [-0.2, -0.15) is 0 Å². The fourth-order valence-electron chi connectivity index (χ4n) is 1.29. The van der Waals surface area contributed by atoms with E-state index in [0.29, 0.717) is 22.0 Å². The van der Waals surface area contributed by atoms with Crippen LogP contribution < -0.4 is 11.5 Å². The van der Waals surface area contributed by atoms with Crippen LogP contribution in [0.4, 0.5) is 5.69 Å². The molecule has 16 heavy (non-hydrogen) atoms. The Morgan fingerprint density at radius 1 is 1.56 bits per heavy atom. The second-order valence-electron chi connectivity index (χ2n) is 3.28.